The summed E-state index contributed by atoms with van der Waals surface area (Å²) in [4.78, 5) is 0. The summed E-state index contributed by atoms with van der Waals surface area (Å²) in [6.45, 7) is 10.8. The third-order valence-corrected chi connectivity index (χ3v) is 2.84. The molecule has 0 aromatic rings. The first-order valence-electron chi connectivity index (χ1n) is 4.21. The van der Waals surface area contributed by atoms with E-state index in [2.05, 4.69) is 33.4 Å². The monoisotopic (exact) mass is 138 g/mol. The molecule has 0 radical (unpaired) electrons. The molecule has 0 saturated heterocycles. The largest absolute Gasteiger partial charge is 0.103 e. The van der Waals surface area contributed by atoms with Gasteiger partial charge in [-0.1, -0.05) is 26.8 Å². The number of allylic oxidation sites excluding steroid dienone is 1. The van der Waals surface area contributed by atoms with Gasteiger partial charge in [0.2, 0.25) is 0 Å². The normalized spacial score (nSPS) is 38.2. The Morgan fingerprint density at radius 3 is 2.60 bits per heavy atom. The van der Waals surface area contributed by atoms with Gasteiger partial charge in [-0.3, -0.25) is 0 Å². The molecule has 0 heterocycles. The zero-order valence-electron chi connectivity index (χ0n) is 7.35. The van der Waals surface area contributed by atoms with Crippen LogP contribution in [-0.2, 0) is 0 Å². The van der Waals surface area contributed by atoms with Crippen LogP contribution < -0.4 is 0 Å². The molecule has 1 saturated carbocycles. The molecule has 0 aromatic heterocycles. The highest BCUT2D eigenvalue weighted by molar-refractivity contribution is 5.03. The van der Waals surface area contributed by atoms with Crippen LogP contribution >= 0.6 is 0 Å². The maximum Gasteiger partial charge on any atom is -0.0258 e. The van der Waals surface area contributed by atoms with Crippen molar-refractivity contribution < 1.29 is 0 Å². The first-order valence-corrected chi connectivity index (χ1v) is 4.21. The van der Waals surface area contributed by atoms with Crippen LogP contribution in [0.5, 0.6) is 0 Å². The number of hydrogen-bond acceptors (Lipinski definition) is 0. The van der Waals surface area contributed by atoms with Gasteiger partial charge in [0.15, 0.2) is 0 Å². The Morgan fingerprint density at radius 1 is 1.70 bits per heavy atom. The van der Waals surface area contributed by atoms with Crippen LogP contribution in [0.2, 0.25) is 0 Å². The van der Waals surface area contributed by atoms with Crippen molar-refractivity contribution in [3.63, 3.8) is 0 Å². The lowest BCUT2D eigenvalue weighted by molar-refractivity contribution is 0.426. The molecular formula is C10H18. The Labute approximate surface area is 64.3 Å². The third-order valence-electron chi connectivity index (χ3n) is 2.84. The Bertz CT molecular complexity index is 135. The predicted molar refractivity (Wildman–Crippen MR) is 45.9 cm³/mol. The Hall–Kier alpha value is -0.260. The summed E-state index contributed by atoms with van der Waals surface area (Å²) in [6, 6.07) is 0. The van der Waals surface area contributed by atoms with E-state index in [0.717, 1.165) is 11.8 Å². The van der Waals surface area contributed by atoms with Crippen LogP contribution in [0.4, 0.5) is 0 Å². The fraction of sp³-hybridized carbons (Fsp3) is 0.800. The summed E-state index contributed by atoms with van der Waals surface area (Å²) in [5, 5.41) is 0. The van der Waals surface area contributed by atoms with Gasteiger partial charge in [-0.2, -0.15) is 0 Å². The average molecular weight is 138 g/mol. The predicted octanol–water partition coefficient (Wildman–Crippen LogP) is 3.24. The van der Waals surface area contributed by atoms with Gasteiger partial charge in [-0.15, -0.1) is 6.58 Å². The van der Waals surface area contributed by atoms with Gasteiger partial charge in [0.25, 0.3) is 0 Å². The summed E-state index contributed by atoms with van der Waals surface area (Å²) in [5.41, 5.74) is 0.621. The maximum atomic E-state index is 3.78. The Balaban J connectivity index is 2.40. The highest BCUT2D eigenvalue weighted by Crippen LogP contribution is 2.58. The highest BCUT2D eigenvalue weighted by atomic mass is 14.5. The first-order chi connectivity index (χ1) is 4.60. The van der Waals surface area contributed by atoms with E-state index >= 15 is 0 Å². The summed E-state index contributed by atoms with van der Waals surface area (Å²) >= 11 is 0. The van der Waals surface area contributed by atoms with Crippen LogP contribution in [0, 0.1) is 17.3 Å². The molecule has 1 aliphatic rings. The number of rotatable bonds is 3. The van der Waals surface area contributed by atoms with Gasteiger partial charge in [-0.25, -0.2) is 0 Å². The first kappa shape index (κ1) is 7.84. The minimum absolute atomic E-state index is 0.621. The fourth-order valence-electron chi connectivity index (χ4n) is 2.05. The Morgan fingerprint density at radius 2 is 2.30 bits per heavy atom. The van der Waals surface area contributed by atoms with Crippen LogP contribution in [-0.4, -0.2) is 0 Å². The van der Waals surface area contributed by atoms with Gasteiger partial charge >= 0.3 is 0 Å². The standard InChI is InChI=1S/C10H18/c1-5-6-10(4)7-9(10)8(2)3/h5,8-9H,1,6-7H2,2-4H3. The minimum atomic E-state index is 0.621. The number of hydrogen-bond donors (Lipinski definition) is 0. The second kappa shape index (κ2) is 2.41. The third kappa shape index (κ3) is 1.25. The van der Waals surface area contributed by atoms with Crippen LogP contribution in [0.1, 0.15) is 33.6 Å². The molecule has 0 heteroatoms. The topological polar surface area (TPSA) is 0 Å². The van der Waals surface area contributed by atoms with Gasteiger partial charge in [0, 0.05) is 0 Å². The second-order valence-electron chi connectivity index (χ2n) is 4.20. The molecule has 1 rings (SSSR count). The lowest BCUT2D eigenvalue weighted by Gasteiger charge is -2.09. The van der Waals surface area contributed by atoms with Gasteiger partial charge in [0.1, 0.15) is 0 Å². The van der Waals surface area contributed by atoms with Crippen LogP contribution in [0.25, 0.3) is 0 Å². The fourth-order valence-corrected chi connectivity index (χ4v) is 2.05. The van der Waals surface area contributed by atoms with E-state index in [1.807, 2.05) is 0 Å². The van der Waals surface area contributed by atoms with E-state index in [9.17, 15) is 0 Å². The van der Waals surface area contributed by atoms with Crippen molar-refractivity contribution in [3.8, 4) is 0 Å². The SMILES string of the molecule is C=CCC1(C)CC1C(C)C. The molecule has 2 atom stereocenters. The van der Waals surface area contributed by atoms with E-state index in [0.29, 0.717) is 5.41 Å². The van der Waals surface area contributed by atoms with Crippen molar-refractivity contribution in [2.45, 2.75) is 33.6 Å². The molecule has 0 aromatic carbocycles. The smallest absolute Gasteiger partial charge is 0.0258 e. The summed E-state index contributed by atoms with van der Waals surface area (Å²) in [5.74, 6) is 1.83. The average Bonchev–Trinajstić information content (AvgIpc) is 2.43. The molecule has 2 unspecified atom stereocenters. The molecule has 0 nitrogen and oxygen atoms in total. The molecule has 58 valence electrons. The van der Waals surface area contributed by atoms with E-state index < -0.39 is 0 Å². The second-order valence-corrected chi connectivity index (χ2v) is 4.20. The van der Waals surface area contributed by atoms with Gasteiger partial charge in [-0.05, 0) is 30.1 Å². The molecule has 0 aliphatic heterocycles. The van der Waals surface area contributed by atoms with E-state index in [1.165, 1.54) is 12.8 Å². The highest BCUT2D eigenvalue weighted by Gasteiger charge is 2.49. The van der Waals surface area contributed by atoms with E-state index in [4.69, 9.17) is 0 Å². The summed E-state index contributed by atoms with van der Waals surface area (Å²) < 4.78 is 0. The van der Waals surface area contributed by atoms with E-state index in [-0.39, 0.29) is 0 Å². The zero-order chi connectivity index (χ0) is 7.78. The van der Waals surface area contributed by atoms with Crippen molar-refractivity contribution in [2.24, 2.45) is 17.3 Å². The molecular weight excluding hydrogens is 120 g/mol. The van der Waals surface area contributed by atoms with Crippen molar-refractivity contribution in [1.82, 2.24) is 0 Å². The zero-order valence-corrected chi connectivity index (χ0v) is 7.35. The molecule has 1 fully saturated rings. The van der Waals surface area contributed by atoms with Crippen LogP contribution in [0.15, 0.2) is 12.7 Å². The van der Waals surface area contributed by atoms with Gasteiger partial charge < -0.3 is 0 Å². The summed E-state index contributed by atoms with van der Waals surface area (Å²) in [7, 11) is 0. The van der Waals surface area contributed by atoms with Crippen molar-refractivity contribution in [2.75, 3.05) is 0 Å². The van der Waals surface area contributed by atoms with Crippen molar-refractivity contribution in [1.29, 1.82) is 0 Å². The quantitative estimate of drug-likeness (QED) is 0.525. The molecule has 10 heavy (non-hydrogen) atoms. The Kier molecular flexibility index (Phi) is 1.89. The summed E-state index contributed by atoms with van der Waals surface area (Å²) in [6.07, 6.45) is 4.68. The lowest BCUT2D eigenvalue weighted by atomic mass is 9.96. The maximum absolute atomic E-state index is 3.78. The molecule has 0 amide bonds. The van der Waals surface area contributed by atoms with Crippen molar-refractivity contribution >= 4 is 0 Å². The molecule has 0 spiro atoms. The van der Waals surface area contributed by atoms with E-state index in [1.54, 1.807) is 0 Å². The lowest BCUT2D eigenvalue weighted by Crippen LogP contribution is -2.01. The van der Waals surface area contributed by atoms with Crippen LogP contribution in [0.3, 0.4) is 0 Å². The molecule has 1 aliphatic carbocycles. The van der Waals surface area contributed by atoms with Gasteiger partial charge in [0.05, 0.1) is 0 Å². The van der Waals surface area contributed by atoms with Crippen molar-refractivity contribution in [3.05, 3.63) is 12.7 Å². The molecule has 0 N–H and O–H groups in total. The molecule has 0 bridgehead atoms. The minimum Gasteiger partial charge on any atom is -0.103 e.